The van der Waals surface area contributed by atoms with Crippen molar-refractivity contribution < 1.29 is 23.1 Å². The highest BCUT2D eigenvalue weighted by molar-refractivity contribution is 5.96. The van der Waals surface area contributed by atoms with E-state index in [4.69, 9.17) is 4.74 Å². The van der Waals surface area contributed by atoms with Crippen molar-refractivity contribution in [3.8, 4) is 5.75 Å². The lowest BCUT2D eigenvalue weighted by molar-refractivity contribution is -0.114. The molecule has 150 valence electrons. The summed E-state index contributed by atoms with van der Waals surface area (Å²) in [6, 6.07) is 7.73. The van der Waals surface area contributed by atoms with Crippen molar-refractivity contribution in [3.63, 3.8) is 0 Å². The number of hydrogen-bond donors (Lipinski definition) is 2. The number of ether oxygens (including phenoxy) is 1. The minimum absolute atomic E-state index is 0.283. The molecule has 8 heteroatoms. The summed E-state index contributed by atoms with van der Waals surface area (Å²) in [6.45, 7) is 6.04. The van der Waals surface area contributed by atoms with Gasteiger partial charge in [0.1, 0.15) is 18.2 Å². The van der Waals surface area contributed by atoms with Gasteiger partial charge in [-0.1, -0.05) is 6.07 Å². The Balaban J connectivity index is 2.17. The van der Waals surface area contributed by atoms with Crippen LogP contribution in [0.1, 0.15) is 47.1 Å². The minimum Gasteiger partial charge on any atom is -0.488 e. The number of pyridine rings is 1. The molecule has 0 fully saturated rings. The molecule has 2 N–H and O–H groups in total. The SMILES string of the molecule is CC(=O)Nc1cc(C(=O)NC(C)c2cc(OCC(F)F)ccc2C)cc(C)n1. The number of aromatic nitrogens is 1. The number of carbonyl (C=O) groups excluding carboxylic acids is 2. The average molecular weight is 391 g/mol. The molecule has 0 spiro atoms. The fraction of sp³-hybridized carbons (Fsp3) is 0.350. The molecule has 28 heavy (non-hydrogen) atoms. The molecule has 2 rings (SSSR count). The third-order valence-electron chi connectivity index (χ3n) is 3.96. The molecule has 0 aliphatic rings. The van der Waals surface area contributed by atoms with Crippen LogP contribution in [0.2, 0.25) is 0 Å². The molecule has 1 atom stereocenters. The molecule has 0 bridgehead atoms. The van der Waals surface area contributed by atoms with E-state index in [0.29, 0.717) is 22.8 Å². The maximum Gasteiger partial charge on any atom is 0.272 e. The number of aryl methyl sites for hydroxylation is 2. The molecule has 1 heterocycles. The predicted molar refractivity (Wildman–Crippen MR) is 102 cm³/mol. The lowest BCUT2D eigenvalue weighted by atomic mass is 10.0. The summed E-state index contributed by atoms with van der Waals surface area (Å²) < 4.78 is 29.8. The Morgan fingerprint density at radius 3 is 2.54 bits per heavy atom. The lowest BCUT2D eigenvalue weighted by Crippen LogP contribution is -2.27. The summed E-state index contributed by atoms with van der Waals surface area (Å²) in [5.74, 6) is -0.0180. The standard InChI is InChI=1S/C20H23F2N3O3/c1-11-5-6-16(28-10-18(21)22)9-17(11)13(3)24-20(27)15-7-12(2)23-19(8-15)25-14(4)26/h5-9,13,18H,10H2,1-4H3,(H,24,27)(H,23,25,26). The number of amides is 2. The van der Waals surface area contributed by atoms with Gasteiger partial charge in [0.15, 0.2) is 0 Å². The number of nitrogens with zero attached hydrogens (tertiary/aromatic N) is 1. The third-order valence-corrected chi connectivity index (χ3v) is 3.96. The number of halogens is 2. The van der Waals surface area contributed by atoms with Crippen LogP contribution in [0.25, 0.3) is 0 Å². The zero-order chi connectivity index (χ0) is 20.8. The fourth-order valence-electron chi connectivity index (χ4n) is 2.74. The summed E-state index contributed by atoms with van der Waals surface area (Å²) >= 11 is 0. The highest BCUT2D eigenvalue weighted by atomic mass is 19.3. The van der Waals surface area contributed by atoms with Gasteiger partial charge in [-0.25, -0.2) is 13.8 Å². The Hall–Kier alpha value is -3.03. The Bertz CT molecular complexity index is 872. The fourth-order valence-corrected chi connectivity index (χ4v) is 2.74. The van der Waals surface area contributed by atoms with Crippen molar-refractivity contribution >= 4 is 17.6 Å². The van der Waals surface area contributed by atoms with Gasteiger partial charge in [-0.3, -0.25) is 9.59 Å². The second-order valence-electron chi connectivity index (χ2n) is 6.48. The first-order valence-electron chi connectivity index (χ1n) is 8.74. The zero-order valence-electron chi connectivity index (χ0n) is 16.2. The van der Waals surface area contributed by atoms with Crippen LogP contribution in [0.4, 0.5) is 14.6 Å². The highest BCUT2D eigenvalue weighted by Crippen LogP contribution is 2.24. The predicted octanol–water partition coefficient (Wildman–Crippen LogP) is 3.79. The molecular weight excluding hydrogens is 368 g/mol. The Morgan fingerprint density at radius 1 is 1.18 bits per heavy atom. The van der Waals surface area contributed by atoms with Crippen molar-refractivity contribution in [3.05, 3.63) is 52.7 Å². The zero-order valence-corrected chi connectivity index (χ0v) is 16.2. The van der Waals surface area contributed by atoms with Gasteiger partial charge in [-0.05, 0) is 56.2 Å². The van der Waals surface area contributed by atoms with Crippen molar-refractivity contribution in [1.29, 1.82) is 0 Å². The number of alkyl halides is 2. The molecule has 0 saturated carbocycles. The molecule has 1 unspecified atom stereocenters. The van der Waals surface area contributed by atoms with Crippen LogP contribution in [-0.2, 0) is 4.79 Å². The number of nitrogens with one attached hydrogen (secondary N) is 2. The van der Waals surface area contributed by atoms with E-state index in [1.165, 1.54) is 13.0 Å². The van der Waals surface area contributed by atoms with E-state index in [1.807, 2.05) is 6.92 Å². The number of benzene rings is 1. The molecule has 2 aromatic rings. The number of anilines is 1. The van der Waals surface area contributed by atoms with Crippen LogP contribution < -0.4 is 15.4 Å². The average Bonchev–Trinajstić information content (AvgIpc) is 2.59. The molecule has 0 radical (unpaired) electrons. The summed E-state index contributed by atoms with van der Waals surface area (Å²) in [6.07, 6.45) is -2.56. The van der Waals surface area contributed by atoms with E-state index in [-0.39, 0.29) is 17.9 Å². The Kier molecular flexibility index (Phi) is 7.03. The number of carbonyl (C=O) groups is 2. The first-order chi connectivity index (χ1) is 13.2. The van der Waals surface area contributed by atoms with Crippen LogP contribution in [-0.4, -0.2) is 29.8 Å². The van der Waals surface area contributed by atoms with E-state index in [9.17, 15) is 18.4 Å². The van der Waals surface area contributed by atoms with E-state index in [2.05, 4.69) is 15.6 Å². The van der Waals surface area contributed by atoms with Crippen molar-refractivity contribution in [1.82, 2.24) is 10.3 Å². The van der Waals surface area contributed by atoms with Crippen molar-refractivity contribution in [2.75, 3.05) is 11.9 Å². The smallest absolute Gasteiger partial charge is 0.272 e. The van der Waals surface area contributed by atoms with Gasteiger partial charge in [-0.15, -0.1) is 0 Å². The molecule has 2 amide bonds. The van der Waals surface area contributed by atoms with E-state index >= 15 is 0 Å². The quantitative estimate of drug-likeness (QED) is 0.753. The first-order valence-corrected chi connectivity index (χ1v) is 8.74. The Labute approximate surface area is 162 Å². The Morgan fingerprint density at radius 2 is 1.89 bits per heavy atom. The van der Waals surface area contributed by atoms with Crippen LogP contribution in [0, 0.1) is 13.8 Å². The van der Waals surface area contributed by atoms with Gasteiger partial charge in [0.2, 0.25) is 5.91 Å². The lowest BCUT2D eigenvalue weighted by Gasteiger charge is -2.18. The maximum atomic E-state index is 12.6. The summed E-state index contributed by atoms with van der Waals surface area (Å²) in [7, 11) is 0. The normalized spacial score (nSPS) is 11.8. The van der Waals surface area contributed by atoms with E-state index in [1.54, 1.807) is 38.1 Å². The summed E-state index contributed by atoms with van der Waals surface area (Å²) in [5, 5.41) is 5.43. The van der Waals surface area contributed by atoms with Gasteiger partial charge >= 0.3 is 0 Å². The molecular formula is C20H23F2N3O3. The maximum absolute atomic E-state index is 12.6. The molecule has 6 nitrogen and oxygen atoms in total. The largest absolute Gasteiger partial charge is 0.488 e. The second-order valence-corrected chi connectivity index (χ2v) is 6.48. The topological polar surface area (TPSA) is 80.3 Å². The van der Waals surface area contributed by atoms with Crippen LogP contribution in [0.15, 0.2) is 30.3 Å². The number of hydrogen-bond acceptors (Lipinski definition) is 4. The third kappa shape index (κ3) is 6.00. The molecule has 0 aliphatic carbocycles. The van der Waals surface area contributed by atoms with Gasteiger partial charge in [0.05, 0.1) is 6.04 Å². The van der Waals surface area contributed by atoms with Gasteiger partial charge < -0.3 is 15.4 Å². The van der Waals surface area contributed by atoms with E-state index in [0.717, 1.165) is 11.1 Å². The van der Waals surface area contributed by atoms with Crippen molar-refractivity contribution in [2.24, 2.45) is 0 Å². The van der Waals surface area contributed by atoms with Gasteiger partial charge in [0, 0.05) is 18.2 Å². The van der Waals surface area contributed by atoms with Crippen LogP contribution in [0.3, 0.4) is 0 Å². The molecule has 1 aromatic carbocycles. The highest BCUT2D eigenvalue weighted by Gasteiger charge is 2.16. The second kappa shape index (κ2) is 9.25. The minimum atomic E-state index is -2.56. The van der Waals surface area contributed by atoms with Crippen molar-refractivity contribution in [2.45, 2.75) is 40.2 Å². The summed E-state index contributed by atoms with van der Waals surface area (Å²) in [5.41, 5.74) is 2.59. The summed E-state index contributed by atoms with van der Waals surface area (Å²) in [4.78, 5) is 28.0. The van der Waals surface area contributed by atoms with Crippen LogP contribution >= 0.6 is 0 Å². The number of rotatable bonds is 7. The monoisotopic (exact) mass is 391 g/mol. The molecule has 0 saturated heterocycles. The van der Waals surface area contributed by atoms with Gasteiger partial charge in [0.25, 0.3) is 12.3 Å². The van der Waals surface area contributed by atoms with Crippen LogP contribution in [0.5, 0.6) is 5.75 Å². The van der Waals surface area contributed by atoms with Gasteiger partial charge in [-0.2, -0.15) is 0 Å². The van der Waals surface area contributed by atoms with E-state index < -0.39 is 13.0 Å². The molecule has 0 aliphatic heterocycles. The molecule has 1 aromatic heterocycles. The first kappa shape index (κ1) is 21.3.